The zero-order valence-electron chi connectivity index (χ0n) is 17.6. The first kappa shape index (κ1) is 21.8. The Morgan fingerprint density at radius 3 is 2.67 bits per heavy atom. The van der Waals surface area contributed by atoms with Crippen LogP contribution in [0.15, 0.2) is 42.5 Å². The van der Waals surface area contributed by atoms with Crippen molar-refractivity contribution in [2.24, 2.45) is 0 Å². The fraction of sp³-hybridized carbons (Fsp3) is 0.217. The number of nitrogens with one attached hydrogen (secondary N) is 2. The van der Waals surface area contributed by atoms with Gasteiger partial charge in [-0.15, -0.1) is 11.3 Å². The lowest BCUT2D eigenvalue weighted by Crippen LogP contribution is -2.20. The Bertz CT molecular complexity index is 1350. The highest BCUT2D eigenvalue weighted by Gasteiger charge is 2.33. The number of nitrogens with zero attached hydrogens (tertiary/aromatic N) is 2. The second-order valence-electron chi connectivity index (χ2n) is 7.45. The summed E-state index contributed by atoms with van der Waals surface area (Å²) >= 11 is 8.70. The Labute approximate surface area is 202 Å². The molecular weight excluding hydrogens is 480 g/mol. The third kappa shape index (κ3) is 4.57. The summed E-state index contributed by atoms with van der Waals surface area (Å²) in [5.74, 6) is 0.00532. The number of fused-ring (bicyclic) bond motifs is 2. The van der Waals surface area contributed by atoms with E-state index in [0.717, 1.165) is 33.0 Å². The quantitative estimate of drug-likeness (QED) is 0.354. The Hall–Kier alpha value is -3.01. The average molecular weight is 499 g/mol. The van der Waals surface area contributed by atoms with Crippen molar-refractivity contribution in [2.75, 3.05) is 17.2 Å². The molecule has 2 aromatic heterocycles. The van der Waals surface area contributed by atoms with E-state index in [4.69, 9.17) is 16.3 Å². The van der Waals surface area contributed by atoms with Gasteiger partial charge in [0.15, 0.2) is 10.3 Å². The maximum Gasteiger partial charge on any atom is 0.257 e. The highest BCUT2D eigenvalue weighted by molar-refractivity contribution is 7.22. The van der Waals surface area contributed by atoms with Gasteiger partial charge < -0.3 is 10.1 Å². The summed E-state index contributed by atoms with van der Waals surface area (Å²) in [4.78, 5) is 35.6. The van der Waals surface area contributed by atoms with Crippen molar-refractivity contribution >= 4 is 66.6 Å². The summed E-state index contributed by atoms with van der Waals surface area (Å²) in [6.45, 7) is 2.53. The second-order valence-corrected chi connectivity index (χ2v) is 10.0. The van der Waals surface area contributed by atoms with Crippen molar-refractivity contribution in [3.63, 3.8) is 0 Å². The summed E-state index contributed by atoms with van der Waals surface area (Å²) in [7, 11) is 0. The predicted molar refractivity (Wildman–Crippen MR) is 132 cm³/mol. The maximum absolute atomic E-state index is 13.0. The normalized spacial score (nSPS) is 14.8. The van der Waals surface area contributed by atoms with E-state index in [1.165, 1.54) is 22.7 Å². The molecule has 0 saturated heterocycles. The van der Waals surface area contributed by atoms with Gasteiger partial charge in [-0.2, -0.15) is 0 Å². The van der Waals surface area contributed by atoms with E-state index in [0.29, 0.717) is 33.9 Å². The van der Waals surface area contributed by atoms with E-state index in [-0.39, 0.29) is 17.7 Å². The molecule has 2 heterocycles. The Morgan fingerprint density at radius 2 is 1.88 bits per heavy atom. The number of rotatable bonds is 6. The largest absolute Gasteiger partial charge is 0.494 e. The molecule has 0 saturated carbocycles. The number of carbonyl (C=O) groups excluding carboxylic acids is 2. The topological polar surface area (TPSA) is 93.2 Å². The average Bonchev–Trinajstić information content (AvgIpc) is 3.47. The Kier molecular flexibility index (Phi) is 6.01. The zero-order chi connectivity index (χ0) is 22.9. The highest BCUT2D eigenvalue weighted by Crippen LogP contribution is 2.39. The van der Waals surface area contributed by atoms with E-state index >= 15 is 0 Å². The molecule has 5 rings (SSSR count). The monoisotopic (exact) mass is 498 g/mol. The molecule has 2 amide bonds. The Morgan fingerprint density at radius 1 is 1.09 bits per heavy atom. The van der Waals surface area contributed by atoms with Crippen LogP contribution < -0.4 is 15.4 Å². The van der Waals surface area contributed by atoms with E-state index < -0.39 is 0 Å². The van der Waals surface area contributed by atoms with Crippen LogP contribution in [0.4, 0.5) is 10.3 Å². The van der Waals surface area contributed by atoms with Gasteiger partial charge in [-0.05, 0) is 62.2 Å². The molecule has 0 radical (unpaired) electrons. The second kappa shape index (κ2) is 9.09. The Balaban J connectivity index is 1.28. The molecule has 1 aliphatic carbocycles. The van der Waals surface area contributed by atoms with Gasteiger partial charge in [-0.3, -0.25) is 14.9 Å². The first-order valence-corrected chi connectivity index (χ1v) is 12.4. The lowest BCUT2D eigenvalue weighted by Gasteiger charge is -2.08. The number of hydrogen-bond acceptors (Lipinski definition) is 7. The molecule has 0 bridgehead atoms. The molecule has 10 heteroatoms. The third-order valence-electron chi connectivity index (χ3n) is 5.26. The van der Waals surface area contributed by atoms with Crippen molar-refractivity contribution in [1.29, 1.82) is 0 Å². The lowest BCUT2D eigenvalue weighted by molar-refractivity contribution is -0.117. The van der Waals surface area contributed by atoms with Gasteiger partial charge in [0.1, 0.15) is 5.75 Å². The van der Waals surface area contributed by atoms with Crippen molar-refractivity contribution in [3.05, 3.63) is 63.6 Å². The van der Waals surface area contributed by atoms with E-state index in [9.17, 15) is 9.59 Å². The van der Waals surface area contributed by atoms with Crippen molar-refractivity contribution in [1.82, 2.24) is 9.97 Å². The standard InChI is InChI=1S/C23H19ClN4O3S2/c1-2-31-14-7-9-16-18(11-14)33-22(25-16)28-21(30)15-8-10-17-19(15)26-23(32-17)27-20(29)12-3-5-13(24)6-4-12/h3-7,9,11,15H,2,8,10H2,1H3,(H,25,28,30)(H,26,27,29). The molecule has 7 nitrogen and oxygen atoms in total. The number of halogens is 1. The summed E-state index contributed by atoms with van der Waals surface area (Å²) in [6, 6.07) is 12.3. The van der Waals surface area contributed by atoms with Gasteiger partial charge >= 0.3 is 0 Å². The van der Waals surface area contributed by atoms with Gasteiger partial charge in [0, 0.05) is 15.5 Å². The van der Waals surface area contributed by atoms with Crippen LogP contribution in [0, 0.1) is 0 Å². The first-order chi connectivity index (χ1) is 16.0. The van der Waals surface area contributed by atoms with Crippen molar-refractivity contribution < 1.29 is 14.3 Å². The minimum atomic E-state index is -0.372. The summed E-state index contributed by atoms with van der Waals surface area (Å²) in [5.41, 5.74) is 2.03. The molecule has 0 spiro atoms. The molecular formula is C23H19ClN4O3S2. The van der Waals surface area contributed by atoms with Gasteiger partial charge in [-0.1, -0.05) is 22.9 Å². The number of hydrogen-bond donors (Lipinski definition) is 2. The molecule has 2 N–H and O–H groups in total. The fourth-order valence-corrected chi connectivity index (χ4v) is 5.77. The van der Waals surface area contributed by atoms with Crippen molar-refractivity contribution in [2.45, 2.75) is 25.7 Å². The number of aryl methyl sites for hydroxylation is 1. The van der Waals surface area contributed by atoms with E-state index in [2.05, 4.69) is 20.6 Å². The zero-order valence-corrected chi connectivity index (χ0v) is 19.9. The smallest absolute Gasteiger partial charge is 0.257 e. The van der Waals surface area contributed by atoms with Gasteiger partial charge in [-0.25, -0.2) is 9.97 Å². The van der Waals surface area contributed by atoms with E-state index in [1.807, 2.05) is 25.1 Å². The van der Waals surface area contributed by atoms with Crippen LogP contribution in [0.1, 0.15) is 40.2 Å². The summed E-state index contributed by atoms with van der Waals surface area (Å²) in [5, 5.41) is 7.36. The van der Waals surface area contributed by atoms with Crippen LogP contribution in [0.5, 0.6) is 5.75 Å². The number of anilines is 2. The van der Waals surface area contributed by atoms with Crippen LogP contribution in [0.2, 0.25) is 5.02 Å². The maximum atomic E-state index is 13.0. The fourth-order valence-electron chi connectivity index (χ4n) is 3.71. The first-order valence-electron chi connectivity index (χ1n) is 10.4. The number of amides is 2. The number of benzene rings is 2. The number of thiazole rings is 2. The van der Waals surface area contributed by atoms with Crippen LogP contribution in [-0.2, 0) is 11.2 Å². The van der Waals surface area contributed by atoms with Crippen LogP contribution in [0.3, 0.4) is 0 Å². The molecule has 1 unspecified atom stereocenters. The highest BCUT2D eigenvalue weighted by atomic mass is 35.5. The molecule has 33 heavy (non-hydrogen) atoms. The summed E-state index contributed by atoms with van der Waals surface area (Å²) in [6.07, 6.45) is 1.43. The minimum Gasteiger partial charge on any atom is -0.494 e. The number of carbonyl (C=O) groups is 2. The van der Waals surface area contributed by atoms with Crippen molar-refractivity contribution in [3.8, 4) is 5.75 Å². The van der Waals surface area contributed by atoms with Crippen LogP contribution in [0.25, 0.3) is 10.2 Å². The van der Waals surface area contributed by atoms with Gasteiger partial charge in [0.25, 0.3) is 5.91 Å². The molecule has 4 aromatic rings. The van der Waals surface area contributed by atoms with Gasteiger partial charge in [0.05, 0.1) is 28.4 Å². The number of ether oxygens (including phenoxy) is 1. The molecule has 1 aliphatic rings. The molecule has 0 fully saturated rings. The molecule has 0 aliphatic heterocycles. The lowest BCUT2D eigenvalue weighted by atomic mass is 10.1. The third-order valence-corrected chi connectivity index (χ3v) is 7.49. The predicted octanol–water partition coefficient (Wildman–Crippen LogP) is 5.73. The van der Waals surface area contributed by atoms with E-state index in [1.54, 1.807) is 24.3 Å². The number of aromatic nitrogens is 2. The minimum absolute atomic E-state index is 0.140. The molecule has 168 valence electrons. The van der Waals surface area contributed by atoms with Gasteiger partial charge in [0.2, 0.25) is 5.91 Å². The molecule has 1 atom stereocenters. The molecule has 2 aromatic carbocycles. The summed E-state index contributed by atoms with van der Waals surface area (Å²) < 4.78 is 6.48. The van der Waals surface area contributed by atoms with Crippen LogP contribution >= 0.6 is 34.3 Å². The SMILES string of the molecule is CCOc1ccc2nc(NC(=O)C3CCc4sc(NC(=O)c5ccc(Cl)cc5)nc43)sc2c1. The van der Waals surface area contributed by atoms with Crippen LogP contribution in [-0.4, -0.2) is 28.4 Å².